The summed E-state index contributed by atoms with van der Waals surface area (Å²) in [5.74, 6) is -0.164. The average molecular weight is 217 g/mol. The molecule has 0 aliphatic carbocycles. The van der Waals surface area contributed by atoms with E-state index in [0.29, 0.717) is 0 Å². The summed E-state index contributed by atoms with van der Waals surface area (Å²) >= 11 is 0. The van der Waals surface area contributed by atoms with Gasteiger partial charge in [0.05, 0.1) is 12.7 Å². The Morgan fingerprint density at radius 3 is 2.07 bits per heavy atom. The van der Waals surface area contributed by atoms with Gasteiger partial charge in [0.15, 0.2) is 0 Å². The smallest absolute Gasteiger partial charge is 0.323 e. The van der Waals surface area contributed by atoms with Crippen LogP contribution >= 0.6 is 0 Å². The second-order valence-electron chi connectivity index (χ2n) is 4.79. The molecule has 4 nitrogen and oxygen atoms in total. The molecule has 0 aliphatic heterocycles. The molecule has 0 radical (unpaired) electrons. The highest BCUT2D eigenvalue weighted by Gasteiger charge is 2.30. The van der Waals surface area contributed by atoms with Crippen LogP contribution < -0.4 is 5.32 Å². The summed E-state index contributed by atoms with van der Waals surface area (Å²) in [6.07, 6.45) is 0. The van der Waals surface area contributed by atoms with Gasteiger partial charge in [0.2, 0.25) is 0 Å². The molecule has 0 saturated carbocycles. The zero-order valence-corrected chi connectivity index (χ0v) is 10.5. The molecule has 0 heterocycles. The molecule has 0 fully saturated rings. The van der Waals surface area contributed by atoms with E-state index in [1.165, 1.54) is 7.11 Å². The summed E-state index contributed by atoms with van der Waals surface area (Å²) in [5.41, 5.74) is -0.860. The fourth-order valence-corrected chi connectivity index (χ4v) is 1.13. The third-order valence-electron chi connectivity index (χ3n) is 2.61. The Kier molecular flexibility index (Phi) is 5.24. The molecule has 2 atom stereocenters. The van der Waals surface area contributed by atoms with E-state index in [9.17, 15) is 9.90 Å². The van der Waals surface area contributed by atoms with Gasteiger partial charge >= 0.3 is 5.97 Å². The van der Waals surface area contributed by atoms with E-state index in [1.807, 2.05) is 20.8 Å². The van der Waals surface area contributed by atoms with Gasteiger partial charge < -0.3 is 9.84 Å². The number of hydrogen-bond acceptors (Lipinski definition) is 4. The topological polar surface area (TPSA) is 58.6 Å². The molecule has 15 heavy (non-hydrogen) atoms. The van der Waals surface area contributed by atoms with E-state index in [1.54, 1.807) is 13.8 Å². The summed E-state index contributed by atoms with van der Waals surface area (Å²) in [5, 5.41) is 12.8. The Bertz CT molecular complexity index is 208. The lowest BCUT2D eigenvalue weighted by molar-refractivity contribution is -0.145. The number of carbonyl (C=O) groups is 1. The average Bonchev–Trinajstić information content (AvgIpc) is 2.10. The minimum absolute atomic E-state index is 0.127. The Morgan fingerprint density at radius 1 is 1.33 bits per heavy atom. The molecule has 0 rings (SSSR count). The van der Waals surface area contributed by atoms with Crippen molar-refractivity contribution in [3.8, 4) is 0 Å². The number of ether oxygens (including phenoxy) is 1. The third kappa shape index (κ3) is 4.62. The first-order valence-electron chi connectivity index (χ1n) is 5.26. The van der Waals surface area contributed by atoms with Gasteiger partial charge in [-0.1, -0.05) is 13.8 Å². The van der Waals surface area contributed by atoms with Crippen molar-refractivity contribution in [2.24, 2.45) is 5.92 Å². The van der Waals surface area contributed by atoms with Crippen LogP contribution in [0.25, 0.3) is 0 Å². The van der Waals surface area contributed by atoms with Gasteiger partial charge in [-0.05, 0) is 26.7 Å². The van der Waals surface area contributed by atoms with E-state index in [4.69, 9.17) is 4.74 Å². The first-order valence-corrected chi connectivity index (χ1v) is 5.26. The van der Waals surface area contributed by atoms with Crippen LogP contribution in [0.2, 0.25) is 0 Å². The van der Waals surface area contributed by atoms with Crippen LogP contribution in [0.1, 0.15) is 34.6 Å². The molecule has 0 saturated heterocycles. The maximum Gasteiger partial charge on any atom is 0.323 e. The van der Waals surface area contributed by atoms with Gasteiger partial charge in [0, 0.05) is 6.04 Å². The zero-order valence-electron chi connectivity index (χ0n) is 10.5. The predicted octanol–water partition coefficient (Wildman–Crippen LogP) is 0.933. The number of rotatable bonds is 5. The monoisotopic (exact) mass is 217 g/mol. The Balaban J connectivity index is 4.49. The third-order valence-corrected chi connectivity index (χ3v) is 2.61. The predicted molar refractivity (Wildman–Crippen MR) is 59.5 cm³/mol. The molecule has 0 aromatic carbocycles. The van der Waals surface area contributed by atoms with Crippen LogP contribution in [0, 0.1) is 5.92 Å². The van der Waals surface area contributed by atoms with Crippen molar-refractivity contribution >= 4 is 5.97 Å². The summed E-state index contributed by atoms with van der Waals surface area (Å²) in [7, 11) is 1.37. The van der Waals surface area contributed by atoms with E-state index >= 15 is 0 Å². The summed E-state index contributed by atoms with van der Waals surface area (Å²) in [4.78, 5) is 11.4. The van der Waals surface area contributed by atoms with Crippen molar-refractivity contribution < 1.29 is 14.6 Å². The van der Waals surface area contributed by atoms with Gasteiger partial charge in [-0.15, -0.1) is 0 Å². The highest BCUT2D eigenvalue weighted by atomic mass is 16.5. The summed E-state index contributed by atoms with van der Waals surface area (Å²) in [6, 6.07) is -0.555. The number of aliphatic hydroxyl groups is 1. The lowest BCUT2D eigenvalue weighted by Gasteiger charge is -2.31. The lowest BCUT2D eigenvalue weighted by Crippen LogP contribution is -2.53. The van der Waals surface area contributed by atoms with Crippen molar-refractivity contribution in [1.29, 1.82) is 0 Å². The molecule has 4 heteroatoms. The number of nitrogens with one attached hydrogen (secondary N) is 1. The SMILES string of the molecule is COC(=O)C(NC(C)C(C)(C)O)C(C)C. The van der Waals surface area contributed by atoms with Crippen LogP contribution in [0.5, 0.6) is 0 Å². The highest BCUT2D eigenvalue weighted by molar-refractivity contribution is 5.76. The maximum atomic E-state index is 11.4. The van der Waals surface area contributed by atoms with E-state index in [2.05, 4.69) is 5.32 Å². The fraction of sp³-hybridized carbons (Fsp3) is 0.909. The van der Waals surface area contributed by atoms with Gasteiger partial charge in [0.25, 0.3) is 0 Å². The quantitative estimate of drug-likeness (QED) is 0.673. The molecule has 2 N–H and O–H groups in total. The number of hydrogen-bond donors (Lipinski definition) is 2. The second kappa shape index (κ2) is 5.47. The molecule has 0 amide bonds. The molecule has 2 unspecified atom stereocenters. The standard InChI is InChI=1S/C11H23NO3/c1-7(2)9(10(13)15-6)12-8(3)11(4,5)14/h7-9,12,14H,1-6H3. The number of methoxy groups -OCH3 is 1. The van der Waals surface area contributed by atoms with Crippen molar-refractivity contribution in [2.45, 2.75) is 52.3 Å². The van der Waals surface area contributed by atoms with Crippen molar-refractivity contribution in [1.82, 2.24) is 5.32 Å². The molecule has 0 aromatic rings. The first-order chi connectivity index (χ1) is 6.70. The highest BCUT2D eigenvalue weighted by Crippen LogP contribution is 2.12. The Labute approximate surface area is 92.0 Å². The van der Waals surface area contributed by atoms with Gasteiger partial charge in [-0.3, -0.25) is 10.1 Å². The van der Waals surface area contributed by atoms with Crippen molar-refractivity contribution in [2.75, 3.05) is 7.11 Å². The first kappa shape index (κ1) is 14.4. The molecule has 0 bridgehead atoms. The summed E-state index contributed by atoms with van der Waals surface area (Å²) < 4.78 is 4.70. The van der Waals surface area contributed by atoms with Crippen LogP contribution in [0.3, 0.4) is 0 Å². The number of esters is 1. The van der Waals surface area contributed by atoms with Crippen LogP contribution in [-0.4, -0.2) is 35.9 Å². The fourth-order valence-electron chi connectivity index (χ4n) is 1.13. The second-order valence-corrected chi connectivity index (χ2v) is 4.79. The molecule has 0 aliphatic rings. The molecular formula is C11H23NO3. The van der Waals surface area contributed by atoms with E-state index < -0.39 is 5.60 Å². The maximum absolute atomic E-state index is 11.4. The van der Waals surface area contributed by atoms with E-state index in [-0.39, 0.29) is 24.0 Å². The van der Waals surface area contributed by atoms with Gasteiger partial charge in [-0.2, -0.15) is 0 Å². The molecule has 0 spiro atoms. The zero-order chi connectivity index (χ0) is 12.2. The minimum atomic E-state index is -0.860. The van der Waals surface area contributed by atoms with Gasteiger partial charge in [-0.25, -0.2) is 0 Å². The molecular weight excluding hydrogens is 194 g/mol. The van der Waals surface area contributed by atoms with Crippen molar-refractivity contribution in [3.63, 3.8) is 0 Å². The van der Waals surface area contributed by atoms with E-state index in [0.717, 1.165) is 0 Å². The van der Waals surface area contributed by atoms with Crippen LogP contribution in [0.15, 0.2) is 0 Å². The Morgan fingerprint density at radius 2 is 1.80 bits per heavy atom. The summed E-state index contributed by atoms with van der Waals surface area (Å²) in [6.45, 7) is 9.13. The molecule has 90 valence electrons. The number of carbonyl (C=O) groups excluding carboxylic acids is 1. The minimum Gasteiger partial charge on any atom is -0.468 e. The normalized spacial score (nSPS) is 16.3. The van der Waals surface area contributed by atoms with Crippen molar-refractivity contribution in [3.05, 3.63) is 0 Å². The van der Waals surface area contributed by atoms with Crippen LogP contribution in [-0.2, 0) is 9.53 Å². The Hall–Kier alpha value is -0.610. The molecule has 0 aromatic heterocycles. The largest absolute Gasteiger partial charge is 0.468 e. The van der Waals surface area contributed by atoms with Gasteiger partial charge in [0.1, 0.15) is 6.04 Å². The lowest BCUT2D eigenvalue weighted by atomic mass is 9.97. The van der Waals surface area contributed by atoms with Crippen LogP contribution in [0.4, 0.5) is 0 Å².